The van der Waals surface area contributed by atoms with Crippen LogP contribution in [0.25, 0.3) is 0 Å². The van der Waals surface area contributed by atoms with Gasteiger partial charge >= 0.3 is 0 Å². The molecule has 0 aromatic carbocycles. The van der Waals surface area contributed by atoms with Gasteiger partial charge in [-0.1, -0.05) is 0 Å². The standard InChI is InChI=1S/C14H26N2O2/c1-2-16(10-13-5-8-18-11-13)14(17)9-12-3-6-15-7-4-12/h12-13,15H,2-11H2,1H3. The summed E-state index contributed by atoms with van der Waals surface area (Å²) in [4.78, 5) is 14.3. The van der Waals surface area contributed by atoms with E-state index in [0.29, 0.717) is 17.7 Å². The first kappa shape index (κ1) is 13.8. The van der Waals surface area contributed by atoms with E-state index in [1.54, 1.807) is 0 Å². The number of hydrogen-bond donors (Lipinski definition) is 1. The quantitative estimate of drug-likeness (QED) is 0.803. The van der Waals surface area contributed by atoms with Crippen LogP contribution in [0.4, 0.5) is 0 Å². The number of carbonyl (C=O) groups excluding carboxylic acids is 1. The van der Waals surface area contributed by atoms with E-state index < -0.39 is 0 Å². The van der Waals surface area contributed by atoms with E-state index in [9.17, 15) is 4.79 Å². The molecule has 2 heterocycles. The zero-order valence-electron chi connectivity index (χ0n) is 11.5. The normalized spacial score (nSPS) is 25.3. The smallest absolute Gasteiger partial charge is 0.222 e. The Morgan fingerprint density at radius 2 is 2.06 bits per heavy atom. The van der Waals surface area contributed by atoms with E-state index in [4.69, 9.17) is 4.74 Å². The number of rotatable bonds is 5. The Morgan fingerprint density at radius 3 is 2.67 bits per heavy atom. The average molecular weight is 254 g/mol. The van der Waals surface area contributed by atoms with Crippen LogP contribution < -0.4 is 5.32 Å². The van der Waals surface area contributed by atoms with E-state index in [1.807, 2.05) is 4.90 Å². The summed E-state index contributed by atoms with van der Waals surface area (Å²) in [7, 11) is 0. The lowest BCUT2D eigenvalue weighted by Crippen LogP contribution is -2.38. The van der Waals surface area contributed by atoms with Crippen molar-refractivity contribution in [3.63, 3.8) is 0 Å². The molecule has 2 saturated heterocycles. The van der Waals surface area contributed by atoms with Gasteiger partial charge in [-0.15, -0.1) is 0 Å². The Hall–Kier alpha value is -0.610. The molecular formula is C14H26N2O2. The van der Waals surface area contributed by atoms with Crippen molar-refractivity contribution >= 4 is 5.91 Å². The summed E-state index contributed by atoms with van der Waals surface area (Å²) in [5.74, 6) is 1.49. The average Bonchev–Trinajstić information content (AvgIpc) is 2.90. The third kappa shape index (κ3) is 3.95. The van der Waals surface area contributed by atoms with Gasteiger partial charge in [0.2, 0.25) is 5.91 Å². The van der Waals surface area contributed by atoms with Crippen LogP contribution in [-0.2, 0) is 9.53 Å². The predicted molar refractivity (Wildman–Crippen MR) is 71.4 cm³/mol. The summed E-state index contributed by atoms with van der Waals surface area (Å²) in [6.07, 6.45) is 4.14. The van der Waals surface area contributed by atoms with Crippen LogP contribution >= 0.6 is 0 Å². The SMILES string of the molecule is CCN(CC1CCOC1)C(=O)CC1CCNCC1. The lowest BCUT2D eigenvalue weighted by Gasteiger charge is -2.28. The van der Waals surface area contributed by atoms with Crippen LogP contribution in [0, 0.1) is 11.8 Å². The zero-order chi connectivity index (χ0) is 12.8. The molecule has 0 aromatic heterocycles. The summed E-state index contributed by atoms with van der Waals surface area (Å²) in [5, 5.41) is 3.35. The van der Waals surface area contributed by atoms with Crippen molar-refractivity contribution in [3.05, 3.63) is 0 Å². The van der Waals surface area contributed by atoms with Gasteiger partial charge in [-0.25, -0.2) is 0 Å². The molecule has 0 aliphatic carbocycles. The summed E-state index contributed by atoms with van der Waals surface area (Å²) >= 11 is 0. The second-order valence-electron chi connectivity index (χ2n) is 5.56. The van der Waals surface area contributed by atoms with Crippen molar-refractivity contribution in [2.45, 2.75) is 32.6 Å². The number of hydrogen-bond acceptors (Lipinski definition) is 3. The molecule has 2 rings (SSSR count). The Morgan fingerprint density at radius 1 is 1.28 bits per heavy atom. The minimum absolute atomic E-state index is 0.344. The summed E-state index contributed by atoms with van der Waals surface area (Å²) < 4.78 is 5.39. The molecule has 0 saturated carbocycles. The molecule has 2 fully saturated rings. The number of amides is 1. The Bertz CT molecular complexity index is 259. The highest BCUT2D eigenvalue weighted by atomic mass is 16.5. The summed E-state index contributed by atoms with van der Waals surface area (Å²) in [5.41, 5.74) is 0. The molecule has 1 unspecified atom stereocenters. The van der Waals surface area contributed by atoms with Crippen LogP contribution in [0.3, 0.4) is 0 Å². The molecular weight excluding hydrogens is 228 g/mol. The Balaban J connectivity index is 1.76. The highest BCUT2D eigenvalue weighted by Gasteiger charge is 2.24. The molecule has 0 radical (unpaired) electrons. The maximum atomic E-state index is 12.3. The first-order chi connectivity index (χ1) is 8.79. The number of nitrogens with one attached hydrogen (secondary N) is 1. The second kappa shape index (κ2) is 7.10. The monoisotopic (exact) mass is 254 g/mol. The summed E-state index contributed by atoms with van der Waals surface area (Å²) in [6, 6.07) is 0. The molecule has 2 aliphatic heterocycles. The molecule has 4 heteroatoms. The highest BCUT2D eigenvalue weighted by Crippen LogP contribution is 2.19. The van der Waals surface area contributed by atoms with Crippen molar-refractivity contribution in [2.75, 3.05) is 39.4 Å². The van der Waals surface area contributed by atoms with E-state index >= 15 is 0 Å². The van der Waals surface area contributed by atoms with Gasteiger partial charge in [0.1, 0.15) is 0 Å². The Kier molecular flexibility index (Phi) is 5.45. The maximum Gasteiger partial charge on any atom is 0.222 e. The molecule has 0 aromatic rings. The van der Waals surface area contributed by atoms with E-state index in [-0.39, 0.29) is 0 Å². The lowest BCUT2D eigenvalue weighted by molar-refractivity contribution is -0.132. The van der Waals surface area contributed by atoms with Gasteiger partial charge in [0, 0.05) is 32.0 Å². The topological polar surface area (TPSA) is 41.6 Å². The first-order valence-electron chi connectivity index (χ1n) is 7.35. The fraction of sp³-hybridized carbons (Fsp3) is 0.929. The summed E-state index contributed by atoms with van der Waals surface area (Å²) in [6.45, 7) is 7.64. The van der Waals surface area contributed by atoms with Crippen molar-refractivity contribution in [3.8, 4) is 0 Å². The van der Waals surface area contributed by atoms with Crippen LogP contribution in [0.5, 0.6) is 0 Å². The highest BCUT2D eigenvalue weighted by molar-refractivity contribution is 5.76. The van der Waals surface area contributed by atoms with Gasteiger partial charge in [-0.2, -0.15) is 0 Å². The van der Waals surface area contributed by atoms with Gasteiger partial charge in [0.15, 0.2) is 0 Å². The molecule has 1 amide bonds. The molecule has 4 nitrogen and oxygen atoms in total. The maximum absolute atomic E-state index is 12.3. The fourth-order valence-corrected chi connectivity index (χ4v) is 2.91. The second-order valence-corrected chi connectivity index (χ2v) is 5.56. The minimum atomic E-state index is 0.344. The number of piperidine rings is 1. The minimum Gasteiger partial charge on any atom is -0.381 e. The van der Waals surface area contributed by atoms with Crippen molar-refractivity contribution in [1.29, 1.82) is 0 Å². The van der Waals surface area contributed by atoms with Crippen molar-refractivity contribution < 1.29 is 9.53 Å². The van der Waals surface area contributed by atoms with Gasteiger partial charge in [0.05, 0.1) is 6.61 Å². The zero-order valence-corrected chi connectivity index (χ0v) is 11.5. The van der Waals surface area contributed by atoms with Gasteiger partial charge < -0.3 is 15.0 Å². The molecule has 1 atom stereocenters. The Labute approximate surface area is 110 Å². The van der Waals surface area contributed by atoms with Crippen molar-refractivity contribution in [1.82, 2.24) is 10.2 Å². The lowest BCUT2D eigenvalue weighted by atomic mass is 9.94. The van der Waals surface area contributed by atoms with E-state index in [0.717, 1.165) is 65.1 Å². The van der Waals surface area contributed by atoms with Crippen LogP contribution in [0.15, 0.2) is 0 Å². The number of carbonyl (C=O) groups is 1. The van der Waals surface area contributed by atoms with E-state index in [1.165, 1.54) is 0 Å². The largest absolute Gasteiger partial charge is 0.381 e. The number of nitrogens with zero attached hydrogens (tertiary/aromatic N) is 1. The number of ether oxygens (including phenoxy) is 1. The molecule has 18 heavy (non-hydrogen) atoms. The van der Waals surface area contributed by atoms with Crippen molar-refractivity contribution in [2.24, 2.45) is 11.8 Å². The predicted octanol–water partition coefficient (Wildman–Crippen LogP) is 1.26. The van der Waals surface area contributed by atoms with Gasteiger partial charge in [0.25, 0.3) is 0 Å². The first-order valence-corrected chi connectivity index (χ1v) is 7.35. The van der Waals surface area contributed by atoms with Crippen LogP contribution in [0.1, 0.15) is 32.6 Å². The van der Waals surface area contributed by atoms with E-state index in [2.05, 4.69) is 12.2 Å². The van der Waals surface area contributed by atoms with Gasteiger partial charge in [-0.05, 0) is 45.2 Å². The van der Waals surface area contributed by atoms with Gasteiger partial charge in [-0.3, -0.25) is 4.79 Å². The third-order valence-corrected chi connectivity index (χ3v) is 4.16. The molecule has 0 bridgehead atoms. The third-order valence-electron chi connectivity index (χ3n) is 4.16. The molecule has 0 spiro atoms. The van der Waals surface area contributed by atoms with Crippen LogP contribution in [-0.4, -0.2) is 50.2 Å². The molecule has 1 N–H and O–H groups in total. The fourth-order valence-electron chi connectivity index (χ4n) is 2.91. The molecule has 104 valence electrons. The molecule has 2 aliphatic rings. The van der Waals surface area contributed by atoms with Crippen LogP contribution in [0.2, 0.25) is 0 Å².